The molecule has 152 valence electrons. The molecule has 0 fully saturated rings. The molecule has 1 aromatic heterocycles. The van der Waals surface area contributed by atoms with Crippen LogP contribution in [0.2, 0.25) is 0 Å². The summed E-state index contributed by atoms with van der Waals surface area (Å²) in [6.07, 6.45) is 0.967. The van der Waals surface area contributed by atoms with E-state index in [4.69, 9.17) is 18.7 Å². The van der Waals surface area contributed by atoms with Crippen LogP contribution >= 0.6 is 0 Å². The van der Waals surface area contributed by atoms with E-state index in [1.807, 2.05) is 12.1 Å². The zero-order chi connectivity index (χ0) is 20.8. The maximum Gasteiger partial charge on any atom is 0.338 e. The maximum atomic E-state index is 12.3. The van der Waals surface area contributed by atoms with Crippen LogP contribution < -0.4 is 9.47 Å². The monoisotopic (exact) mass is 396 g/mol. The van der Waals surface area contributed by atoms with Crippen LogP contribution in [0.4, 0.5) is 0 Å². The second kappa shape index (κ2) is 9.23. The van der Waals surface area contributed by atoms with Gasteiger partial charge in [-0.25, -0.2) is 4.79 Å². The van der Waals surface area contributed by atoms with Crippen molar-refractivity contribution in [2.45, 2.75) is 26.9 Å². The van der Waals surface area contributed by atoms with Crippen molar-refractivity contribution in [2.24, 2.45) is 5.92 Å². The summed E-state index contributed by atoms with van der Waals surface area (Å²) in [5.74, 6) is 1.86. The average molecular weight is 396 g/mol. The molecule has 0 radical (unpaired) electrons. The van der Waals surface area contributed by atoms with E-state index in [0.717, 1.165) is 6.42 Å². The molecule has 0 spiro atoms. The molecule has 0 bridgehead atoms. The smallest absolute Gasteiger partial charge is 0.338 e. The highest BCUT2D eigenvalue weighted by molar-refractivity contribution is 5.89. The molecule has 2 aromatic carbocycles. The number of rotatable bonds is 8. The second-order valence-electron chi connectivity index (χ2n) is 6.95. The van der Waals surface area contributed by atoms with E-state index in [9.17, 15) is 4.79 Å². The first-order valence-corrected chi connectivity index (χ1v) is 9.31. The minimum Gasteiger partial charge on any atom is -0.497 e. The van der Waals surface area contributed by atoms with E-state index in [1.165, 1.54) is 5.56 Å². The Hall–Kier alpha value is -3.35. The predicted octanol–water partition coefficient (Wildman–Crippen LogP) is 4.31. The van der Waals surface area contributed by atoms with Crippen LogP contribution in [-0.4, -0.2) is 30.3 Å². The molecule has 0 aliphatic rings. The van der Waals surface area contributed by atoms with Gasteiger partial charge in [-0.15, -0.1) is 0 Å². The first-order chi connectivity index (χ1) is 14.0. The number of hydrogen-bond acceptors (Lipinski definition) is 7. The van der Waals surface area contributed by atoms with Crippen molar-refractivity contribution in [3.05, 3.63) is 59.5 Å². The summed E-state index contributed by atoms with van der Waals surface area (Å²) >= 11 is 0. The third-order valence-corrected chi connectivity index (χ3v) is 4.28. The van der Waals surface area contributed by atoms with Gasteiger partial charge in [0.15, 0.2) is 6.61 Å². The van der Waals surface area contributed by atoms with Gasteiger partial charge in [0.1, 0.15) is 11.5 Å². The summed E-state index contributed by atoms with van der Waals surface area (Å²) < 4.78 is 21.0. The third-order valence-electron chi connectivity index (χ3n) is 4.28. The van der Waals surface area contributed by atoms with Crippen molar-refractivity contribution in [2.75, 3.05) is 14.2 Å². The fourth-order valence-corrected chi connectivity index (χ4v) is 2.87. The Morgan fingerprint density at radius 2 is 1.83 bits per heavy atom. The minimum absolute atomic E-state index is 0.113. The highest BCUT2D eigenvalue weighted by Crippen LogP contribution is 2.31. The van der Waals surface area contributed by atoms with Crippen LogP contribution in [0.1, 0.15) is 35.7 Å². The molecule has 0 N–H and O–H groups in total. The minimum atomic E-state index is -0.442. The van der Waals surface area contributed by atoms with Gasteiger partial charge in [0, 0.05) is 6.07 Å². The summed E-state index contributed by atoms with van der Waals surface area (Å²) in [5.41, 5.74) is 2.32. The van der Waals surface area contributed by atoms with Crippen molar-refractivity contribution in [3.63, 3.8) is 0 Å². The Kier molecular flexibility index (Phi) is 6.49. The van der Waals surface area contributed by atoms with Crippen LogP contribution in [-0.2, 0) is 17.8 Å². The molecule has 1 heterocycles. The number of hydrogen-bond donors (Lipinski definition) is 0. The lowest BCUT2D eigenvalue weighted by Crippen LogP contribution is -2.06. The topological polar surface area (TPSA) is 83.7 Å². The van der Waals surface area contributed by atoms with Gasteiger partial charge in [0.25, 0.3) is 5.89 Å². The molecule has 0 aliphatic heterocycles. The zero-order valence-electron chi connectivity index (χ0n) is 17.0. The van der Waals surface area contributed by atoms with Gasteiger partial charge in [-0.05, 0) is 42.2 Å². The van der Waals surface area contributed by atoms with Gasteiger partial charge in [0.05, 0.1) is 25.3 Å². The average Bonchev–Trinajstić information content (AvgIpc) is 3.20. The molecule has 7 nitrogen and oxygen atoms in total. The molecule has 3 rings (SSSR count). The van der Waals surface area contributed by atoms with Gasteiger partial charge >= 0.3 is 5.97 Å². The van der Waals surface area contributed by atoms with E-state index in [1.54, 1.807) is 44.6 Å². The Balaban J connectivity index is 1.64. The van der Waals surface area contributed by atoms with Gasteiger partial charge in [-0.2, -0.15) is 4.98 Å². The summed E-state index contributed by atoms with van der Waals surface area (Å²) in [6.45, 7) is 4.20. The SMILES string of the molecule is COc1ccc(-c2noc(COC(=O)c3ccc(CC(C)C)cc3)n2)c(OC)c1. The number of carbonyl (C=O) groups is 1. The van der Waals surface area contributed by atoms with Crippen molar-refractivity contribution >= 4 is 5.97 Å². The summed E-state index contributed by atoms with van der Waals surface area (Å²) in [6, 6.07) is 12.7. The quantitative estimate of drug-likeness (QED) is 0.525. The summed E-state index contributed by atoms with van der Waals surface area (Å²) in [5, 5.41) is 3.94. The number of nitrogens with zero attached hydrogens (tertiary/aromatic N) is 2. The first kappa shape index (κ1) is 20.4. The molecule has 0 amide bonds. The van der Waals surface area contributed by atoms with Crippen LogP contribution in [0.5, 0.6) is 11.5 Å². The normalized spacial score (nSPS) is 10.8. The van der Waals surface area contributed by atoms with Crippen molar-refractivity contribution in [1.29, 1.82) is 0 Å². The third kappa shape index (κ3) is 5.13. The number of methoxy groups -OCH3 is 2. The number of ether oxygens (including phenoxy) is 3. The molecule has 0 unspecified atom stereocenters. The standard InChI is InChI=1S/C22H24N2O5/c1-14(2)11-15-5-7-16(8-6-15)22(25)28-13-20-23-21(24-29-20)18-10-9-17(26-3)12-19(18)27-4/h5-10,12,14H,11,13H2,1-4H3. The number of esters is 1. The molecule has 29 heavy (non-hydrogen) atoms. The van der Waals surface area contributed by atoms with Gasteiger partial charge in [-0.1, -0.05) is 31.1 Å². The van der Waals surface area contributed by atoms with E-state index in [2.05, 4.69) is 24.0 Å². The van der Waals surface area contributed by atoms with E-state index in [0.29, 0.717) is 34.4 Å². The Morgan fingerprint density at radius 3 is 2.48 bits per heavy atom. The summed E-state index contributed by atoms with van der Waals surface area (Å²) in [4.78, 5) is 16.5. The van der Waals surface area contributed by atoms with Crippen molar-refractivity contribution < 1.29 is 23.5 Å². The van der Waals surface area contributed by atoms with Crippen LogP contribution in [0.25, 0.3) is 11.4 Å². The Bertz CT molecular complexity index is 964. The fourth-order valence-electron chi connectivity index (χ4n) is 2.87. The number of benzene rings is 2. The maximum absolute atomic E-state index is 12.3. The summed E-state index contributed by atoms with van der Waals surface area (Å²) in [7, 11) is 3.13. The highest BCUT2D eigenvalue weighted by atomic mass is 16.6. The van der Waals surface area contributed by atoms with Gasteiger partial charge in [0.2, 0.25) is 5.82 Å². The van der Waals surface area contributed by atoms with Crippen LogP contribution in [0.15, 0.2) is 47.0 Å². The molecule has 0 atom stereocenters. The van der Waals surface area contributed by atoms with E-state index in [-0.39, 0.29) is 12.5 Å². The Labute approximate surface area is 169 Å². The molecule has 7 heteroatoms. The molecular formula is C22H24N2O5. The first-order valence-electron chi connectivity index (χ1n) is 9.31. The highest BCUT2D eigenvalue weighted by Gasteiger charge is 2.16. The van der Waals surface area contributed by atoms with Crippen LogP contribution in [0, 0.1) is 5.92 Å². The predicted molar refractivity (Wildman–Crippen MR) is 107 cm³/mol. The lowest BCUT2D eigenvalue weighted by Gasteiger charge is -2.07. The number of aromatic nitrogens is 2. The molecule has 0 saturated heterocycles. The second-order valence-corrected chi connectivity index (χ2v) is 6.95. The molecular weight excluding hydrogens is 372 g/mol. The van der Waals surface area contributed by atoms with Crippen molar-refractivity contribution in [3.8, 4) is 22.9 Å². The number of carbonyl (C=O) groups excluding carboxylic acids is 1. The molecule has 3 aromatic rings. The molecule has 0 saturated carbocycles. The lowest BCUT2D eigenvalue weighted by atomic mass is 10.0. The Morgan fingerprint density at radius 1 is 1.07 bits per heavy atom. The lowest BCUT2D eigenvalue weighted by molar-refractivity contribution is 0.0430. The largest absolute Gasteiger partial charge is 0.497 e. The molecule has 0 aliphatic carbocycles. The van der Waals surface area contributed by atoms with Gasteiger partial charge in [-0.3, -0.25) is 0 Å². The zero-order valence-corrected chi connectivity index (χ0v) is 17.0. The van der Waals surface area contributed by atoms with Crippen molar-refractivity contribution in [1.82, 2.24) is 10.1 Å². The van der Waals surface area contributed by atoms with E-state index >= 15 is 0 Å². The van der Waals surface area contributed by atoms with Gasteiger partial charge < -0.3 is 18.7 Å². The van der Waals surface area contributed by atoms with E-state index < -0.39 is 5.97 Å². The van der Waals surface area contributed by atoms with Crippen LogP contribution in [0.3, 0.4) is 0 Å². The fraction of sp³-hybridized carbons (Fsp3) is 0.318.